The predicted octanol–water partition coefficient (Wildman–Crippen LogP) is 4.50. The number of amides is 2. The van der Waals surface area contributed by atoms with Crippen molar-refractivity contribution < 1.29 is 23.5 Å². The molecule has 2 aromatic carbocycles. The number of hydrogen-bond donors (Lipinski definition) is 2. The van der Waals surface area contributed by atoms with E-state index in [0.717, 1.165) is 5.56 Å². The molecular weight excluding hydrogens is 455 g/mol. The first-order chi connectivity index (χ1) is 15.3. The van der Waals surface area contributed by atoms with E-state index in [-0.39, 0.29) is 17.2 Å². The zero-order valence-electron chi connectivity index (χ0n) is 17.0. The van der Waals surface area contributed by atoms with Crippen LogP contribution in [0.4, 0.5) is 5.69 Å². The van der Waals surface area contributed by atoms with Crippen LogP contribution in [0.2, 0.25) is 10.0 Å². The van der Waals surface area contributed by atoms with E-state index in [0.29, 0.717) is 10.7 Å². The van der Waals surface area contributed by atoms with Gasteiger partial charge in [-0.1, -0.05) is 53.5 Å². The molecule has 1 aromatic heterocycles. The van der Waals surface area contributed by atoms with Gasteiger partial charge in [-0.15, -0.1) is 0 Å². The first-order valence-electron chi connectivity index (χ1n) is 9.68. The third kappa shape index (κ3) is 6.35. The van der Waals surface area contributed by atoms with Gasteiger partial charge in [0.05, 0.1) is 17.0 Å². The summed E-state index contributed by atoms with van der Waals surface area (Å²) in [6.45, 7) is 1.42. The Labute approximate surface area is 194 Å². The summed E-state index contributed by atoms with van der Waals surface area (Å²) < 4.78 is 10.4. The van der Waals surface area contributed by atoms with Crippen molar-refractivity contribution in [2.24, 2.45) is 0 Å². The molecule has 1 heterocycles. The minimum absolute atomic E-state index is 0.0547. The minimum Gasteiger partial charge on any atom is -0.459 e. The van der Waals surface area contributed by atoms with Gasteiger partial charge in [-0.25, -0.2) is 4.79 Å². The summed E-state index contributed by atoms with van der Waals surface area (Å²) in [6, 6.07) is 15.7. The van der Waals surface area contributed by atoms with Gasteiger partial charge in [0.25, 0.3) is 11.8 Å². The maximum atomic E-state index is 12.8. The van der Waals surface area contributed by atoms with Crippen molar-refractivity contribution in [3.05, 3.63) is 88.3 Å². The number of carbonyl (C=O) groups excluding carboxylic acids is 3. The van der Waals surface area contributed by atoms with Crippen LogP contribution in [-0.4, -0.2) is 29.9 Å². The van der Waals surface area contributed by atoms with E-state index in [2.05, 4.69) is 10.6 Å². The highest BCUT2D eigenvalue weighted by molar-refractivity contribution is 6.36. The summed E-state index contributed by atoms with van der Waals surface area (Å²) in [4.78, 5) is 37.8. The molecule has 166 valence electrons. The van der Waals surface area contributed by atoms with Gasteiger partial charge in [0.15, 0.2) is 11.9 Å². The first-order valence-corrected chi connectivity index (χ1v) is 10.4. The fourth-order valence-corrected chi connectivity index (χ4v) is 3.27. The van der Waals surface area contributed by atoms with Gasteiger partial charge in [-0.2, -0.15) is 0 Å². The number of esters is 1. The maximum Gasteiger partial charge on any atom is 0.329 e. The minimum atomic E-state index is -1.15. The number of furan rings is 1. The molecule has 0 radical (unpaired) electrons. The summed E-state index contributed by atoms with van der Waals surface area (Å²) in [5.41, 5.74) is 1.13. The van der Waals surface area contributed by atoms with Crippen molar-refractivity contribution in [3.63, 3.8) is 0 Å². The molecule has 9 heteroatoms. The Hall–Kier alpha value is -3.29. The number of carbonyl (C=O) groups is 3. The van der Waals surface area contributed by atoms with Crippen LogP contribution in [0.25, 0.3) is 0 Å². The number of ether oxygens (including phenoxy) is 1. The van der Waals surface area contributed by atoms with E-state index in [1.54, 1.807) is 18.2 Å². The molecule has 0 aliphatic rings. The lowest BCUT2D eigenvalue weighted by molar-refractivity contribution is -0.155. The normalized spacial score (nSPS) is 12.5. The van der Waals surface area contributed by atoms with Gasteiger partial charge in [-0.3, -0.25) is 9.59 Å². The van der Waals surface area contributed by atoms with Crippen molar-refractivity contribution in [2.75, 3.05) is 5.32 Å². The number of nitrogens with one attached hydrogen (secondary N) is 2. The van der Waals surface area contributed by atoms with Crippen molar-refractivity contribution >= 4 is 46.7 Å². The Morgan fingerprint density at radius 1 is 1.03 bits per heavy atom. The molecule has 0 saturated heterocycles. The van der Waals surface area contributed by atoms with Crippen LogP contribution in [0.3, 0.4) is 0 Å². The second-order valence-electron chi connectivity index (χ2n) is 6.89. The number of benzene rings is 2. The highest BCUT2D eigenvalue weighted by atomic mass is 35.5. The highest BCUT2D eigenvalue weighted by Gasteiger charge is 2.28. The lowest BCUT2D eigenvalue weighted by Gasteiger charge is -2.20. The number of anilines is 1. The molecule has 0 spiro atoms. The fraction of sp³-hybridized carbons (Fsp3) is 0.174. The van der Waals surface area contributed by atoms with Crippen LogP contribution in [0.5, 0.6) is 0 Å². The van der Waals surface area contributed by atoms with Crippen LogP contribution in [0, 0.1) is 0 Å². The summed E-state index contributed by atoms with van der Waals surface area (Å²) in [5, 5.41) is 5.85. The van der Waals surface area contributed by atoms with Gasteiger partial charge >= 0.3 is 5.97 Å². The second kappa shape index (κ2) is 10.8. The number of rotatable bonds is 8. The number of halogens is 2. The Balaban J connectivity index is 1.68. The van der Waals surface area contributed by atoms with Crippen molar-refractivity contribution in [1.82, 2.24) is 5.32 Å². The summed E-state index contributed by atoms with van der Waals surface area (Å²) in [6.07, 6.45) is 0.380. The standard InChI is InChI=1S/C23H20Cl2N2O5/c1-14(21(28)26-18-10-9-16(24)13-17(18)25)32-23(30)19(12-15-6-3-2-4-7-15)27-22(29)20-8-5-11-31-20/h2-11,13-14,19H,12H2,1H3,(H,26,28)(H,27,29). The monoisotopic (exact) mass is 474 g/mol. The Morgan fingerprint density at radius 3 is 2.44 bits per heavy atom. The van der Waals surface area contributed by atoms with Gasteiger partial charge in [0.1, 0.15) is 6.04 Å². The molecule has 0 aliphatic heterocycles. The molecule has 7 nitrogen and oxygen atoms in total. The zero-order chi connectivity index (χ0) is 23.1. The SMILES string of the molecule is CC(OC(=O)C(Cc1ccccc1)NC(=O)c1ccco1)C(=O)Nc1ccc(Cl)cc1Cl. The van der Waals surface area contributed by atoms with Crippen molar-refractivity contribution in [1.29, 1.82) is 0 Å². The quantitative estimate of drug-likeness (QED) is 0.468. The first kappa shape index (κ1) is 23.4. The van der Waals surface area contributed by atoms with Gasteiger partial charge in [0, 0.05) is 11.4 Å². The van der Waals surface area contributed by atoms with Crippen LogP contribution < -0.4 is 10.6 Å². The molecule has 2 unspecified atom stereocenters. The zero-order valence-corrected chi connectivity index (χ0v) is 18.5. The summed E-state index contributed by atoms with van der Waals surface area (Å²) >= 11 is 11.9. The van der Waals surface area contributed by atoms with E-state index in [4.69, 9.17) is 32.4 Å². The Kier molecular flexibility index (Phi) is 7.92. The van der Waals surface area contributed by atoms with Crippen LogP contribution in [0.1, 0.15) is 23.0 Å². The molecule has 3 rings (SSSR count). The molecule has 0 aliphatic carbocycles. The molecule has 32 heavy (non-hydrogen) atoms. The molecule has 2 amide bonds. The molecule has 0 saturated carbocycles. The topological polar surface area (TPSA) is 97.6 Å². The van der Waals surface area contributed by atoms with Crippen molar-refractivity contribution in [3.8, 4) is 0 Å². The average molecular weight is 475 g/mol. The van der Waals surface area contributed by atoms with E-state index in [1.807, 2.05) is 30.3 Å². The Bertz CT molecular complexity index is 1090. The largest absolute Gasteiger partial charge is 0.459 e. The average Bonchev–Trinajstić information content (AvgIpc) is 3.31. The van der Waals surface area contributed by atoms with E-state index in [9.17, 15) is 14.4 Å². The summed E-state index contributed by atoms with van der Waals surface area (Å²) in [7, 11) is 0. The molecule has 2 N–H and O–H groups in total. The van der Waals surface area contributed by atoms with Crippen LogP contribution >= 0.6 is 23.2 Å². The second-order valence-corrected chi connectivity index (χ2v) is 7.73. The van der Waals surface area contributed by atoms with Crippen LogP contribution in [0.15, 0.2) is 71.3 Å². The van der Waals surface area contributed by atoms with E-state index >= 15 is 0 Å². The fourth-order valence-electron chi connectivity index (χ4n) is 2.82. The molecular formula is C23H20Cl2N2O5. The summed E-state index contributed by atoms with van der Waals surface area (Å²) in [5.74, 6) is -1.87. The van der Waals surface area contributed by atoms with Crippen molar-refractivity contribution in [2.45, 2.75) is 25.5 Å². The van der Waals surface area contributed by atoms with E-state index < -0.39 is 29.9 Å². The lowest BCUT2D eigenvalue weighted by Crippen LogP contribution is -2.45. The van der Waals surface area contributed by atoms with E-state index in [1.165, 1.54) is 25.3 Å². The maximum absolute atomic E-state index is 12.8. The highest BCUT2D eigenvalue weighted by Crippen LogP contribution is 2.25. The predicted molar refractivity (Wildman–Crippen MR) is 121 cm³/mol. The Morgan fingerprint density at radius 2 is 1.78 bits per heavy atom. The van der Waals surface area contributed by atoms with Gasteiger partial charge in [-0.05, 0) is 42.8 Å². The lowest BCUT2D eigenvalue weighted by atomic mass is 10.1. The third-order valence-electron chi connectivity index (χ3n) is 4.47. The molecule has 2 atom stereocenters. The number of hydrogen-bond acceptors (Lipinski definition) is 5. The smallest absolute Gasteiger partial charge is 0.329 e. The molecule has 0 fully saturated rings. The molecule has 0 bridgehead atoms. The van der Waals surface area contributed by atoms with Gasteiger partial charge in [0.2, 0.25) is 0 Å². The van der Waals surface area contributed by atoms with Gasteiger partial charge < -0.3 is 19.8 Å². The molecule has 3 aromatic rings. The third-order valence-corrected chi connectivity index (χ3v) is 5.02. The van der Waals surface area contributed by atoms with Crippen LogP contribution in [-0.2, 0) is 20.7 Å².